The number of aryl methyl sites for hydroxylation is 2. The normalized spacial score (nSPS) is 10.2. The lowest BCUT2D eigenvalue weighted by Crippen LogP contribution is -2.14. The summed E-state index contributed by atoms with van der Waals surface area (Å²) in [5.74, 6) is -0.0711. The highest BCUT2D eigenvalue weighted by Gasteiger charge is 2.12. The van der Waals surface area contributed by atoms with E-state index in [1.807, 2.05) is 6.92 Å². The fraction of sp³-hybridized carbons (Fsp3) is 0.182. The van der Waals surface area contributed by atoms with Gasteiger partial charge < -0.3 is 11.1 Å². The number of aromatic nitrogens is 3. The molecule has 0 fully saturated rings. The van der Waals surface area contributed by atoms with E-state index in [0.717, 1.165) is 5.69 Å². The number of nitrogen functional groups attached to an aromatic ring is 1. The third-order valence-corrected chi connectivity index (χ3v) is 2.34. The first-order chi connectivity index (χ1) is 8.08. The second-order valence-electron chi connectivity index (χ2n) is 3.69. The van der Waals surface area contributed by atoms with Crippen molar-refractivity contribution in [2.24, 2.45) is 7.05 Å². The van der Waals surface area contributed by atoms with Crippen molar-refractivity contribution in [1.29, 1.82) is 0 Å². The molecule has 0 aliphatic rings. The summed E-state index contributed by atoms with van der Waals surface area (Å²) >= 11 is 0. The van der Waals surface area contributed by atoms with Crippen molar-refractivity contribution in [3.8, 4) is 0 Å². The smallest absolute Gasteiger partial charge is 0.259 e. The highest BCUT2D eigenvalue weighted by molar-refractivity contribution is 6.07. The molecule has 3 N–H and O–H groups in total. The molecular weight excluding hydrogens is 218 g/mol. The molecule has 17 heavy (non-hydrogen) atoms. The Balaban J connectivity index is 2.23. The Morgan fingerprint density at radius 1 is 1.53 bits per heavy atom. The van der Waals surface area contributed by atoms with Gasteiger partial charge >= 0.3 is 0 Å². The Morgan fingerprint density at radius 3 is 2.88 bits per heavy atom. The van der Waals surface area contributed by atoms with E-state index in [-0.39, 0.29) is 11.7 Å². The molecule has 0 bridgehead atoms. The fourth-order valence-electron chi connectivity index (χ4n) is 1.52. The summed E-state index contributed by atoms with van der Waals surface area (Å²) in [5, 5.41) is 6.88. The van der Waals surface area contributed by atoms with Crippen LogP contribution >= 0.6 is 0 Å². The first-order valence-electron chi connectivity index (χ1n) is 5.10. The molecule has 6 nitrogen and oxygen atoms in total. The van der Waals surface area contributed by atoms with Crippen LogP contribution in [-0.4, -0.2) is 20.7 Å². The van der Waals surface area contributed by atoms with Gasteiger partial charge in [-0.1, -0.05) is 0 Å². The lowest BCUT2D eigenvalue weighted by Gasteiger charge is -2.05. The molecule has 0 atom stereocenters. The number of amides is 1. The van der Waals surface area contributed by atoms with Gasteiger partial charge in [0.2, 0.25) is 0 Å². The molecule has 0 aromatic carbocycles. The number of hydrogen-bond donors (Lipinski definition) is 2. The Morgan fingerprint density at radius 2 is 2.29 bits per heavy atom. The van der Waals surface area contributed by atoms with Crippen LogP contribution in [0.25, 0.3) is 0 Å². The van der Waals surface area contributed by atoms with Crippen LogP contribution in [0.5, 0.6) is 0 Å². The number of nitrogens with two attached hydrogens (primary N) is 1. The van der Waals surface area contributed by atoms with Crippen molar-refractivity contribution in [3.05, 3.63) is 35.8 Å². The van der Waals surface area contributed by atoms with E-state index in [2.05, 4.69) is 15.4 Å². The van der Waals surface area contributed by atoms with Gasteiger partial charge in [0.05, 0.1) is 16.9 Å². The maximum Gasteiger partial charge on any atom is 0.259 e. The van der Waals surface area contributed by atoms with Crippen LogP contribution in [0.2, 0.25) is 0 Å². The van der Waals surface area contributed by atoms with Crippen LogP contribution in [-0.2, 0) is 7.05 Å². The Kier molecular flexibility index (Phi) is 2.78. The van der Waals surface area contributed by atoms with Gasteiger partial charge in [0.15, 0.2) is 0 Å². The molecular formula is C11H13N5O. The average molecular weight is 231 g/mol. The standard InChI is InChI=1S/C11H13N5O/c1-7-9(6-16(2)15-7)14-11(17)8-4-3-5-13-10(8)12/h3-6H,1-2H3,(H2,12,13)(H,14,17). The van der Waals surface area contributed by atoms with Crippen LogP contribution in [0.4, 0.5) is 11.5 Å². The van der Waals surface area contributed by atoms with Crippen molar-refractivity contribution in [2.75, 3.05) is 11.1 Å². The van der Waals surface area contributed by atoms with Crippen molar-refractivity contribution < 1.29 is 4.79 Å². The molecule has 0 aliphatic carbocycles. The van der Waals surface area contributed by atoms with Gasteiger partial charge in [-0.15, -0.1) is 0 Å². The first-order valence-corrected chi connectivity index (χ1v) is 5.10. The molecule has 0 aliphatic heterocycles. The second-order valence-corrected chi connectivity index (χ2v) is 3.69. The zero-order valence-corrected chi connectivity index (χ0v) is 9.64. The number of nitrogens with one attached hydrogen (secondary N) is 1. The molecule has 2 rings (SSSR count). The predicted octanol–water partition coefficient (Wildman–Crippen LogP) is 0.958. The van der Waals surface area contributed by atoms with Gasteiger partial charge in [-0.3, -0.25) is 9.48 Å². The van der Waals surface area contributed by atoms with E-state index in [1.54, 1.807) is 36.3 Å². The van der Waals surface area contributed by atoms with Gasteiger partial charge in [-0.05, 0) is 19.1 Å². The minimum Gasteiger partial charge on any atom is -0.383 e. The fourth-order valence-corrected chi connectivity index (χ4v) is 1.52. The van der Waals surface area contributed by atoms with Gasteiger partial charge in [0.1, 0.15) is 5.82 Å². The molecule has 2 aromatic rings. The highest BCUT2D eigenvalue weighted by atomic mass is 16.1. The third-order valence-electron chi connectivity index (χ3n) is 2.34. The average Bonchev–Trinajstić information content (AvgIpc) is 2.58. The van der Waals surface area contributed by atoms with Gasteiger partial charge in [0, 0.05) is 19.4 Å². The van der Waals surface area contributed by atoms with E-state index in [0.29, 0.717) is 11.3 Å². The number of anilines is 2. The minimum atomic E-state index is -0.285. The van der Waals surface area contributed by atoms with Crippen molar-refractivity contribution in [2.45, 2.75) is 6.92 Å². The molecule has 2 heterocycles. The topological polar surface area (TPSA) is 85.8 Å². The second kappa shape index (κ2) is 4.25. The molecule has 88 valence electrons. The molecule has 2 aromatic heterocycles. The quantitative estimate of drug-likeness (QED) is 0.806. The lowest BCUT2D eigenvalue weighted by atomic mass is 10.2. The summed E-state index contributed by atoms with van der Waals surface area (Å²) in [4.78, 5) is 15.8. The molecule has 1 amide bonds. The number of pyridine rings is 1. The van der Waals surface area contributed by atoms with Crippen molar-refractivity contribution in [1.82, 2.24) is 14.8 Å². The van der Waals surface area contributed by atoms with Crippen LogP contribution in [0.3, 0.4) is 0 Å². The van der Waals surface area contributed by atoms with Crippen LogP contribution in [0.1, 0.15) is 16.1 Å². The van der Waals surface area contributed by atoms with Crippen molar-refractivity contribution in [3.63, 3.8) is 0 Å². The van der Waals surface area contributed by atoms with E-state index >= 15 is 0 Å². The van der Waals surface area contributed by atoms with Crippen molar-refractivity contribution >= 4 is 17.4 Å². The largest absolute Gasteiger partial charge is 0.383 e. The van der Waals surface area contributed by atoms with E-state index < -0.39 is 0 Å². The van der Waals surface area contributed by atoms with E-state index in [9.17, 15) is 4.79 Å². The molecule has 0 spiro atoms. The lowest BCUT2D eigenvalue weighted by molar-refractivity contribution is 0.102. The molecule has 0 radical (unpaired) electrons. The zero-order valence-electron chi connectivity index (χ0n) is 9.64. The maximum absolute atomic E-state index is 11.9. The SMILES string of the molecule is Cc1nn(C)cc1NC(=O)c1cccnc1N. The number of carbonyl (C=O) groups excluding carboxylic acids is 1. The minimum absolute atomic E-state index is 0.214. The Bertz CT molecular complexity index is 561. The Hall–Kier alpha value is -2.37. The number of carbonyl (C=O) groups is 1. The number of nitrogens with zero attached hydrogens (tertiary/aromatic N) is 3. The Labute approximate surface area is 98.5 Å². The third kappa shape index (κ3) is 2.25. The number of rotatable bonds is 2. The summed E-state index contributed by atoms with van der Waals surface area (Å²) < 4.78 is 1.64. The zero-order chi connectivity index (χ0) is 12.4. The van der Waals surface area contributed by atoms with Gasteiger partial charge in [-0.25, -0.2) is 4.98 Å². The van der Waals surface area contributed by atoms with Crippen LogP contribution in [0.15, 0.2) is 24.5 Å². The monoisotopic (exact) mass is 231 g/mol. The molecule has 0 saturated carbocycles. The van der Waals surface area contributed by atoms with E-state index in [1.165, 1.54) is 0 Å². The number of hydrogen-bond acceptors (Lipinski definition) is 4. The van der Waals surface area contributed by atoms with Crippen LogP contribution < -0.4 is 11.1 Å². The molecule has 0 unspecified atom stereocenters. The molecule has 6 heteroatoms. The summed E-state index contributed by atoms with van der Waals surface area (Å²) in [5.41, 5.74) is 7.40. The van der Waals surface area contributed by atoms with Gasteiger partial charge in [0.25, 0.3) is 5.91 Å². The van der Waals surface area contributed by atoms with E-state index in [4.69, 9.17) is 5.73 Å². The molecule has 0 saturated heterocycles. The summed E-state index contributed by atoms with van der Waals surface area (Å²) in [6.07, 6.45) is 3.28. The van der Waals surface area contributed by atoms with Crippen LogP contribution in [0, 0.1) is 6.92 Å². The first kappa shape index (κ1) is 11.1. The maximum atomic E-state index is 11.9. The summed E-state index contributed by atoms with van der Waals surface area (Å²) in [6.45, 7) is 1.82. The highest BCUT2D eigenvalue weighted by Crippen LogP contribution is 2.14. The predicted molar refractivity (Wildman–Crippen MR) is 64.5 cm³/mol. The summed E-state index contributed by atoms with van der Waals surface area (Å²) in [7, 11) is 1.79. The van der Waals surface area contributed by atoms with Gasteiger partial charge in [-0.2, -0.15) is 5.10 Å². The summed E-state index contributed by atoms with van der Waals surface area (Å²) in [6, 6.07) is 3.30.